The lowest BCUT2D eigenvalue weighted by atomic mass is 10.1. The van der Waals surface area contributed by atoms with Crippen LogP contribution in [0.4, 0.5) is 0 Å². The van der Waals surface area contributed by atoms with E-state index in [0.29, 0.717) is 42.5 Å². The number of amides is 2. The van der Waals surface area contributed by atoms with Gasteiger partial charge in [0, 0.05) is 49.5 Å². The lowest BCUT2D eigenvalue weighted by Crippen LogP contribution is -2.50. The number of halogens is 1. The van der Waals surface area contributed by atoms with E-state index in [1.54, 1.807) is 29.0 Å². The number of hydrogen-bond donors (Lipinski definition) is 0. The van der Waals surface area contributed by atoms with Gasteiger partial charge in [0.15, 0.2) is 0 Å². The summed E-state index contributed by atoms with van der Waals surface area (Å²) < 4.78 is 7.36. The highest BCUT2D eigenvalue weighted by molar-refractivity contribution is 7.13. The van der Waals surface area contributed by atoms with E-state index in [2.05, 4.69) is 0 Å². The van der Waals surface area contributed by atoms with Crippen molar-refractivity contribution < 1.29 is 14.3 Å². The molecular weight excluding hydrogens is 422 g/mol. The maximum atomic E-state index is 13.2. The normalized spacial score (nSPS) is 14.1. The molecule has 0 saturated carbocycles. The summed E-state index contributed by atoms with van der Waals surface area (Å²) >= 11 is 7.96. The molecule has 8 heteroatoms. The molecule has 30 heavy (non-hydrogen) atoms. The first-order chi connectivity index (χ1) is 14.5. The zero-order valence-electron chi connectivity index (χ0n) is 16.8. The standard InChI is InChI=1S/C22H22ClN3O3S/c1-15-5-6-20(30-15)22(28)26-11-9-25(10-12-26)21(27)16-13-17(23)18(14-19(16)29-2)24-7-3-4-8-24/h3-8,13-14H,9-12H2,1-2H3. The SMILES string of the molecule is COc1cc(-n2cccc2)c(Cl)cc1C(=O)N1CCN(C(=O)c2ccc(C)s2)CC1. The summed E-state index contributed by atoms with van der Waals surface area (Å²) in [7, 11) is 1.54. The Morgan fingerprint density at radius 3 is 2.20 bits per heavy atom. The van der Waals surface area contributed by atoms with Crippen LogP contribution >= 0.6 is 22.9 Å². The molecule has 0 unspecified atom stereocenters. The molecular formula is C22H22ClN3O3S. The van der Waals surface area contributed by atoms with Gasteiger partial charge in [-0.15, -0.1) is 11.3 Å². The summed E-state index contributed by atoms with van der Waals surface area (Å²) in [4.78, 5) is 31.2. The zero-order valence-corrected chi connectivity index (χ0v) is 18.4. The third kappa shape index (κ3) is 3.95. The molecule has 3 heterocycles. The van der Waals surface area contributed by atoms with Gasteiger partial charge >= 0.3 is 0 Å². The number of carbonyl (C=O) groups is 2. The van der Waals surface area contributed by atoms with E-state index in [9.17, 15) is 9.59 Å². The smallest absolute Gasteiger partial charge is 0.264 e. The van der Waals surface area contributed by atoms with Crippen LogP contribution in [0.2, 0.25) is 5.02 Å². The van der Waals surface area contributed by atoms with Gasteiger partial charge in [-0.1, -0.05) is 11.6 Å². The van der Waals surface area contributed by atoms with E-state index in [-0.39, 0.29) is 11.8 Å². The van der Waals surface area contributed by atoms with Crippen LogP contribution < -0.4 is 4.74 Å². The van der Waals surface area contributed by atoms with Crippen molar-refractivity contribution in [2.24, 2.45) is 0 Å². The number of methoxy groups -OCH3 is 1. The van der Waals surface area contributed by atoms with E-state index in [1.807, 2.05) is 48.1 Å². The molecule has 0 N–H and O–H groups in total. The number of benzene rings is 1. The van der Waals surface area contributed by atoms with Gasteiger partial charge in [-0.25, -0.2) is 0 Å². The van der Waals surface area contributed by atoms with Crippen molar-refractivity contribution in [2.45, 2.75) is 6.92 Å². The Balaban J connectivity index is 1.49. The first kappa shape index (κ1) is 20.5. The largest absolute Gasteiger partial charge is 0.496 e. The summed E-state index contributed by atoms with van der Waals surface area (Å²) in [6.07, 6.45) is 3.76. The van der Waals surface area contributed by atoms with Crippen LogP contribution in [0.3, 0.4) is 0 Å². The number of rotatable bonds is 4. The van der Waals surface area contributed by atoms with Crippen LogP contribution in [-0.4, -0.2) is 59.5 Å². The van der Waals surface area contributed by atoms with Crippen LogP contribution in [-0.2, 0) is 0 Å². The fourth-order valence-electron chi connectivity index (χ4n) is 3.56. The second-order valence-electron chi connectivity index (χ2n) is 7.09. The Morgan fingerprint density at radius 1 is 1.00 bits per heavy atom. The van der Waals surface area contributed by atoms with Crippen molar-refractivity contribution in [1.29, 1.82) is 0 Å². The average Bonchev–Trinajstić information content (AvgIpc) is 3.44. The summed E-state index contributed by atoms with van der Waals surface area (Å²) in [5.74, 6) is 0.351. The topological polar surface area (TPSA) is 54.8 Å². The van der Waals surface area contributed by atoms with Gasteiger partial charge in [-0.2, -0.15) is 0 Å². The van der Waals surface area contributed by atoms with Crippen molar-refractivity contribution >= 4 is 34.8 Å². The van der Waals surface area contributed by atoms with E-state index in [0.717, 1.165) is 15.4 Å². The molecule has 156 valence electrons. The predicted octanol–water partition coefficient (Wildman–Crippen LogP) is 4.11. The maximum absolute atomic E-state index is 13.2. The molecule has 3 aromatic rings. The lowest BCUT2D eigenvalue weighted by molar-refractivity contribution is 0.0536. The molecule has 0 radical (unpaired) electrons. The summed E-state index contributed by atoms with van der Waals surface area (Å²) in [6.45, 7) is 3.92. The molecule has 0 aliphatic carbocycles. The monoisotopic (exact) mass is 443 g/mol. The third-order valence-corrected chi connectivity index (χ3v) is 6.48. The molecule has 0 atom stereocenters. The second-order valence-corrected chi connectivity index (χ2v) is 8.78. The minimum absolute atomic E-state index is 0.0249. The minimum atomic E-state index is -0.146. The fraction of sp³-hybridized carbons (Fsp3) is 0.273. The highest BCUT2D eigenvalue weighted by atomic mass is 35.5. The molecule has 2 aromatic heterocycles. The van der Waals surface area contributed by atoms with Gasteiger partial charge in [0.1, 0.15) is 5.75 Å². The quantitative estimate of drug-likeness (QED) is 0.609. The zero-order chi connectivity index (χ0) is 21.3. The lowest BCUT2D eigenvalue weighted by Gasteiger charge is -2.34. The minimum Gasteiger partial charge on any atom is -0.496 e. The van der Waals surface area contributed by atoms with Gasteiger partial charge in [0.05, 0.1) is 28.3 Å². The van der Waals surface area contributed by atoms with Crippen molar-refractivity contribution in [3.05, 3.63) is 69.1 Å². The number of aryl methyl sites for hydroxylation is 1. The highest BCUT2D eigenvalue weighted by Crippen LogP contribution is 2.31. The number of aromatic nitrogens is 1. The number of piperazine rings is 1. The second kappa shape index (κ2) is 8.53. The van der Waals surface area contributed by atoms with Crippen LogP contribution in [0.1, 0.15) is 24.9 Å². The number of hydrogen-bond acceptors (Lipinski definition) is 4. The van der Waals surface area contributed by atoms with Crippen molar-refractivity contribution in [3.8, 4) is 11.4 Å². The predicted molar refractivity (Wildman–Crippen MR) is 118 cm³/mol. The Morgan fingerprint density at radius 2 is 1.63 bits per heavy atom. The Kier molecular flexibility index (Phi) is 5.83. The molecule has 1 aliphatic heterocycles. The highest BCUT2D eigenvalue weighted by Gasteiger charge is 2.28. The molecule has 2 amide bonds. The van der Waals surface area contributed by atoms with Gasteiger partial charge in [0.2, 0.25) is 0 Å². The summed E-state index contributed by atoms with van der Waals surface area (Å²) in [6, 6.07) is 11.0. The van der Waals surface area contributed by atoms with Gasteiger partial charge in [-0.05, 0) is 37.3 Å². The van der Waals surface area contributed by atoms with Crippen molar-refractivity contribution in [2.75, 3.05) is 33.3 Å². The van der Waals surface area contributed by atoms with Crippen LogP contribution in [0.15, 0.2) is 48.8 Å². The van der Waals surface area contributed by atoms with Crippen molar-refractivity contribution in [3.63, 3.8) is 0 Å². The van der Waals surface area contributed by atoms with Gasteiger partial charge in [0.25, 0.3) is 11.8 Å². The van der Waals surface area contributed by atoms with Gasteiger partial charge in [-0.3, -0.25) is 9.59 Å². The Bertz CT molecular complexity index is 1070. The van der Waals surface area contributed by atoms with E-state index >= 15 is 0 Å². The molecule has 4 rings (SSSR count). The van der Waals surface area contributed by atoms with E-state index in [1.165, 1.54) is 11.3 Å². The molecule has 1 fully saturated rings. The number of nitrogens with zero attached hydrogens (tertiary/aromatic N) is 3. The number of carbonyl (C=O) groups excluding carboxylic acids is 2. The maximum Gasteiger partial charge on any atom is 0.264 e. The van der Waals surface area contributed by atoms with Crippen molar-refractivity contribution in [1.82, 2.24) is 14.4 Å². The first-order valence-corrected chi connectivity index (χ1v) is 10.8. The van der Waals surface area contributed by atoms with Crippen LogP contribution in [0.5, 0.6) is 5.75 Å². The van der Waals surface area contributed by atoms with E-state index < -0.39 is 0 Å². The molecule has 1 saturated heterocycles. The fourth-order valence-corrected chi connectivity index (χ4v) is 4.66. The number of ether oxygens (including phenoxy) is 1. The Labute approximate surface area is 184 Å². The molecule has 1 aliphatic rings. The molecule has 6 nitrogen and oxygen atoms in total. The van der Waals surface area contributed by atoms with Gasteiger partial charge < -0.3 is 19.1 Å². The molecule has 1 aromatic carbocycles. The first-order valence-electron chi connectivity index (χ1n) is 9.64. The summed E-state index contributed by atoms with van der Waals surface area (Å²) in [5.41, 5.74) is 1.17. The number of thiophene rings is 1. The van der Waals surface area contributed by atoms with E-state index in [4.69, 9.17) is 16.3 Å². The Hall–Kier alpha value is -2.77. The molecule has 0 bridgehead atoms. The molecule has 0 spiro atoms. The average molecular weight is 444 g/mol. The summed E-state index contributed by atoms with van der Waals surface area (Å²) in [5, 5.41) is 0.470. The van der Waals surface area contributed by atoms with Crippen LogP contribution in [0, 0.1) is 6.92 Å². The van der Waals surface area contributed by atoms with Crippen LogP contribution in [0.25, 0.3) is 5.69 Å². The third-order valence-electron chi connectivity index (χ3n) is 5.19.